The van der Waals surface area contributed by atoms with Gasteiger partial charge in [-0.3, -0.25) is 0 Å². The number of halogens is 2. The first-order chi connectivity index (χ1) is 11.5. The molecule has 3 rings (SSSR count). The van der Waals surface area contributed by atoms with Crippen LogP contribution in [0.1, 0.15) is 10.4 Å². The Morgan fingerprint density at radius 1 is 1.21 bits per heavy atom. The smallest absolute Gasteiger partial charge is 0.342 e. The maximum Gasteiger partial charge on any atom is 0.342 e. The van der Waals surface area contributed by atoms with Crippen molar-refractivity contribution in [1.29, 1.82) is 0 Å². The van der Waals surface area contributed by atoms with Crippen molar-refractivity contribution in [2.75, 3.05) is 7.11 Å². The minimum Gasteiger partial charge on any atom is -0.465 e. The van der Waals surface area contributed by atoms with Crippen molar-refractivity contribution in [2.24, 2.45) is 0 Å². The van der Waals surface area contributed by atoms with E-state index in [1.54, 1.807) is 12.3 Å². The van der Waals surface area contributed by atoms with Crippen LogP contribution in [0.5, 0.6) is 11.5 Å². The topological polar surface area (TPSA) is 55.7 Å². The van der Waals surface area contributed by atoms with Crippen LogP contribution in [0.4, 0.5) is 14.5 Å². The third-order valence-corrected chi connectivity index (χ3v) is 3.41. The fourth-order valence-electron chi connectivity index (χ4n) is 2.32. The molecule has 0 saturated carbocycles. The fourth-order valence-corrected chi connectivity index (χ4v) is 2.32. The number of aromatic amines is 1. The zero-order valence-electron chi connectivity index (χ0n) is 12.4. The number of ether oxygens (including phenoxy) is 2. The number of aromatic nitrogens is 1. The van der Waals surface area contributed by atoms with Crippen molar-refractivity contribution >= 4 is 22.6 Å². The van der Waals surface area contributed by atoms with Gasteiger partial charge >= 0.3 is 5.97 Å². The summed E-state index contributed by atoms with van der Waals surface area (Å²) in [6.07, 6.45) is 1.55. The van der Waals surface area contributed by atoms with Crippen LogP contribution in [-0.2, 0) is 4.74 Å². The van der Waals surface area contributed by atoms with E-state index >= 15 is 0 Å². The Labute approximate surface area is 135 Å². The number of hydrogen-bond donors (Lipinski definition) is 1. The quantitative estimate of drug-likeness (QED) is 0.566. The van der Waals surface area contributed by atoms with E-state index in [1.807, 2.05) is 0 Å². The molecular formula is C17H10F2N2O3. The molecule has 7 heteroatoms. The Morgan fingerprint density at radius 2 is 2.00 bits per heavy atom. The molecule has 0 unspecified atom stereocenters. The van der Waals surface area contributed by atoms with Crippen molar-refractivity contribution in [3.63, 3.8) is 0 Å². The number of benzene rings is 2. The summed E-state index contributed by atoms with van der Waals surface area (Å²) < 4.78 is 38.0. The van der Waals surface area contributed by atoms with Crippen LogP contribution in [0.25, 0.3) is 15.7 Å². The number of fused-ring (bicyclic) bond motifs is 1. The Hall–Kier alpha value is -3.40. The minimum absolute atomic E-state index is 0.0290. The number of methoxy groups -OCH3 is 1. The molecule has 120 valence electrons. The number of hydrogen-bond acceptors (Lipinski definition) is 3. The first-order valence-electron chi connectivity index (χ1n) is 6.78. The molecule has 0 atom stereocenters. The van der Waals surface area contributed by atoms with E-state index in [2.05, 4.69) is 9.83 Å². The highest BCUT2D eigenvalue weighted by Gasteiger charge is 2.23. The van der Waals surface area contributed by atoms with Crippen molar-refractivity contribution in [1.82, 2.24) is 4.98 Å². The summed E-state index contributed by atoms with van der Waals surface area (Å²) in [4.78, 5) is 17.9. The molecule has 2 aromatic carbocycles. The van der Waals surface area contributed by atoms with Crippen molar-refractivity contribution in [2.45, 2.75) is 0 Å². The van der Waals surface area contributed by atoms with Crippen LogP contribution in [0.15, 0.2) is 36.5 Å². The lowest BCUT2D eigenvalue weighted by atomic mass is 10.1. The van der Waals surface area contributed by atoms with Gasteiger partial charge in [0, 0.05) is 23.2 Å². The SMILES string of the molecule is [C-]#[N+]c1cc(Oc2c(F)cc3[nH]ccc3c2C(=O)OC)ccc1F. The predicted octanol–water partition coefficient (Wildman–Crippen LogP) is 4.58. The summed E-state index contributed by atoms with van der Waals surface area (Å²) >= 11 is 0. The Bertz CT molecular complexity index is 989. The lowest BCUT2D eigenvalue weighted by Crippen LogP contribution is -2.06. The molecule has 0 fully saturated rings. The molecule has 0 aliphatic heterocycles. The molecule has 1 heterocycles. The number of H-pyrrole nitrogens is 1. The van der Waals surface area contributed by atoms with Gasteiger partial charge < -0.3 is 14.5 Å². The normalized spacial score (nSPS) is 10.4. The van der Waals surface area contributed by atoms with E-state index in [9.17, 15) is 13.6 Å². The third-order valence-electron chi connectivity index (χ3n) is 3.41. The van der Waals surface area contributed by atoms with Crippen LogP contribution < -0.4 is 4.74 Å². The number of esters is 1. The van der Waals surface area contributed by atoms with E-state index in [1.165, 1.54) is 19.2 Å². The van der Waals surface area contributed by atoms with Gasteiger partial charge in [-0.1, -0.05) is 0 Å². The van der Waals surface area contributed by atoms with Crippen LogP contribution in [0.3, 0.4) is 0 Å². The molecule has 0 amide bonds. The van der Waals surface area contributed by atoms with Gasteiger partial charge in [0.05, 0.1) is 13.7 Å². The predicted molar refractivity (Wildman–Crippen MR) is 82.3 cm³/mol. The lowest BCUT2D eigenvalue weighted by molar-refractivity contribution is 0.0599. The van der Waals surface area contributed by atoms with Gasteiger partial charge in [-0.25, -0.2) is 18.4 Å². The molecule has 24 heavy (non-hydrogen) atoms. The van der Waals surface area contributed by atoms with E-state index < -0.39 is 17.6 Å². The summed E-state index contributed by atoms with van der Waals surface area (Å²) in [7, 11) is 1.17. The Kier molecular flexibility index (Phi) is 3.88. The summed E-state index contributed by atoms with van der Waals surface area (Å²) in [6.45, 7) is 6.91. The van der Waals surface area contributed by atoms with Gasteiger partial charge in [0.15, 0.2) is 11.6 Å². The average Bonchev–Trinajstić information content (AvgIpc) is 3.04. The first-order valence-corrected chi connectivity index (χ1v) is 6.78. The molecule has 0 spiro atoms. The van der Waals surface area contributed by atoms with E-state index in [0.29, 0.717) is 10.9 Å². The van der Waals surface area contributed by atoms with Crippen LogP contribution in [0.2, 0.25) is 0 Å². The third kappa shape index (κ3) is 2.54. The Balaban J connectivity index is 2.17. The van der Waals surface area contributed by atoms with Crippen LogP contribution >= 0.6 is 0 Å². The molecular weight excluding hydrogens is 318 g/mol. The van der Waals surface area contributed by atoms with Crippen LogP contribution in [0, 0.1) is 18.2 Å². The average molecular weight is 328 g/mol. The molecule has 0 radical (unpaired) electrons. The number of nitrogens with zero attached hydrogens (tertiary/aromatic N) is 1. The highest BCUT2D eigenvalue weighted by atomic mass is 19.1. The van der Waals surface area contributed by atoms with Crippen LogP contribution in [-0.4, -0.2) is 18.1 Å². The number of carbonyl (C=O) groups is 1. The molecule has 0 saturated heterocycles. The van der Waals surface area contributed by atoms with Gasteiger partial charge in [0.2, 0.25) is 5.69 Å². The maximum absolute atomic E-state index is 14.4. The van der Waals surface area contributed by atoms with E-state index in [0.717, 1.165) is 12.1 Å². The van der Waals surface area contributed by atoms with Crippen molar-refractivity contribution in [3.8, 4) is 11.5 Å². The molecule has 0 aliphatic rings. The highest BCUT2D eigenvalue weighted by molar-refractivity contribution is 6.06. The van der Waals surface area contributed by atoms with E-state index in [4.69, 9.17) is 16.0 Å². The maximum atomic E-state index is 14.4. The van der Waals surface area contributed by atoms with Gasteiger partial charge in [-0.15, -0.1) is 0 Å². The number of nitrogens with one attached hydrogen (secondary N) is 1. The molecule has 3 aromatic rings. The van der Waals surface area contributed by atoms with E-state index in [-0.39, 0.29) is 22.7 Å². The second-order valence-electron chi connectivity index (χ2n) is 4.82. The van der Waals surface area contributed by atoms with Gasteiger partial charge in [0.25, 0.3) is 0 Å². The Morgan fingerprint density at radius 3 is 2.71 bits per heavy atom. The second-order valence-corrected chi connectivity index (χ2v) is 4.82. The minimum atomic E-state index is -0.793. The summed E-state index contributed by atoms with van der Waals surface area (Å²) in [6, 6.07) is 6.17. The summed E-state index contributed by atoms with van der Waals surface area (Å²) in [5.41, 5.74) is 0.0406. The molecule has 1 N–H and O–H groups in total. The zero-order valence-corrected chi connectivity index (χ0v) is 12.4. The number of carbonyl (C=O) groups excluding carboxylic acids is 1. The largest absolute Gasteiger partial charge is 0.465 e. The van der Waals surface area contributed by atoms with Crippen molar-refractivity contribution < 1.29 is 23.0 Å². The molecule has 0 bridgehead atoms. The molecule has 1 aromatic heterocycles. The summed E-state index contributed by atoms with van der Waals surface area (Å²) in [5.74, 6) is -2.61. The molecule has 0 aliphatic carbocycles. The number of rotatable bonds is 3. The second kappa shape index (κ2) is 6.01. The van der Waals surface area contributed by atoms with Crippen molar-refractivity contribution in [3.05, 3.63) is 65.1 Å². The lowest BCUT2D eigenvalue weighted by Gasteiger charge is -2.12. The summed E-state index contributed by atoms with van der Waals surface area (Å²) in [5, 5.41) is 0.422. The molecule has 5 nitrogen and oxygen atoms in total. The zero-order chi connectivity index (χ0) is 17.3. The monoisotopic (exact) mass is 328 g/mol. The fraction of sp³-hybridized carbons (Fsp3) is 0.0588. The van der Waals surface area contributed by atoms with Gasteiger partial charge in [-0.05, 0) is 24.3 Å². The first kappa shape index (κ1) is 15.5. The standard InChI is InChI=1S/C17H10F2N2O3/c1-20-14-7-9(3-4-11(14)18)24-16-12(19)8-13-10(5-6-21-13)15(16)17(22)23-2/h3-8,21H,2H3. The van der Waals surface area contributed by atoms with Gasteiger partial charge in [0.1, 0.15) is 17.1 Å². The van der Waals surface area contributed by atoms with Gasteiger partial charge in [-0.2, -0.15) is 0 Å². The highest BCUT2D eigenvalue weighted by Crippen LogP contribution is 2.36.